The molecule has 9 heteroatoms. The summed E-state index contributed by atoms with van der Waals surface area (Å²) in [6.45, 7) is 1.08. The second kappa shape index (κ2) is 7.90. The molecule has 0 aliphatic carbocycles. The Morgan fingerprint density at radius 2 is 1.88 bits per heavy atom. The molecule has 128 valence electrons. The molecular weight excluding hydrogens is 332 g/mol. The second-order valence-electron chi connectivity index (χ2n) is 5.16. The van der Waals surface area contributed by atoms with Crippen LogP contribution in [0.3, 0.4) is 0 Å². The number of hydrogen-bond donors (Lipinski definition) is 1. The number of methoxy groups -OCH3 is 1. The van der Waals surface area contributed by atoms with Crippen molar-refractivity contribution >= 4 is 27.4 Å². The van der Waals surface area contributed by atoms with Gasteiger partial charge in [-0.15, -0.1) is 0 Å². The van der Waals surface area contributed by atoms with Gasteiger partial charge in [-0.05, 0) is 37.1 Å². The van der Waals surface area contributed by atoms with Crippen LogP contribution in [-0.4, -0.2) is 44.6 Å². The number of benzene rings is 1. The van der Waals surface area contributed by atoms with Gasteiger partial charge in [0.2, 0.25) is 15.7 Å². The van der Waals surface area contributed by atoms with E-state index in [1.54, 1.807) is 6.07 Å². The van der Waals surface area contributed by atoms with Crippen molar-refractivity contribution < 1.29 is 17.9 Å². The molecule has 1 aliphatic heterocycles. The lowest BCUT2D eigenvalue weighted by Crippen LogP contribution is -2.35. The zero-order valence-corrected chi connectivity index (χ0v) is 14.0. The predicted molar refractivity (Wildman–Crippen MR) is 87.7 cm³/mol. The Bertz CT molecular complexity index is 760. The van der Waals surface area contributed by atoms with Crippen molar-refractivity contribution in [1.29, 1.82) is 5.26 Å². The van der Waals surface area contributed by atoms with Crippen LogP contribution in [0, 0.1) is 11.3 Å². The molecule has 1 heterocycles. The molecule has 0 aromatic heterocycles. The van der Waals surface area contributed by atoms with Gasteiger partial charge in [0, 0.05) is 13.1 Å². The largest absolute Gasteiger partial charge is 0.464 e. The molecule has 2 rings (SSSR count). The molecule has 0 saturated carbocycles. The van der Waals surface area contributed by atoms with Crippen molar-refractivity contribution in [2.75, 3.05) is 25.6 Å². The SMILES string of the molecule is COC(=O)/C(C#N)=N/Nc1ccc(S(=O)(=O)N2CCCCC2)cc1. The first kappa shape index (κ1) is 17.9. The van der Waals surface area contributed by atoms with E-state index in [-0.39, 0.29) is 4.90 Å². The van der Waals surface area contributed by atoms with Crippen LogP contribution in [0.4, 0.5) is 5.69 Å². The van der Waals surface area contributed by atoms with E-state index in [9.17, 15) is 13.2 Å². The van der Waals surface area contributed by atoms with E-state index in [0.717, 1.165) is 26.4 Å². The van der Waals surface area contributed by atoms with Gasteiger partial charge in [0.1, 0.15) is 6.07 Å². The number of anilines is 1. The minimum absolute atomic E-state index is 0.201. The molecule has 1 aromatic rings. The smallest absolute Gasteiger partial charge is 0.369 e. The Morgan fingerprint density at radius 1 is 1.25 bits per heavy atom. The molecule has 0 bridgehead atoms. The van der Waals surface area contributed by atoms with Crippen molar-refractivity contribution in [3.8, 4) is 6.07 Å². The van der Waals surface area contributed by atoms with Gasteiger partial charge in [0.05, 0.1) is 17.7 Å². The lowest BCUT2D eigenvalue weighted by molar-refractivity contribution is -0.132. The predicted octanol–water partition coefficient (Wildman–Crippen LogP) is 1.33. The highest BCUT2D eigenvalue weighted by molar-refractivity contribution is 7.89. The van der Waals surface area contributed by atoms with Gasteiger partial charge in [-0.25, -0.2) is 13.2 Å². The number of carbonyl (C=O) groups excluding carboxylic acids is 1. The second-order valence-corrected chi connectivity index (χ2v) is 7.10. The fourth-order valence-corrected chi connectivity index (χ4v) is 3.81. The molecule has 0 amide bonds. The average Bonchev–Trinajstić information content (AvgIpc) is 2.63. The van der Waals surface area contributed by atoms with Crippen LogP contribution in [0.25, 0.3) is 0 Å². The number of nitriles is 1. The van der Waals surface area contributed by atoms with E-state index < -0.39 is 21.7 Å². The first-order valence-electron chi connectivity index (χ1n) is 7.41. The zero-order valence-electron chi connectivity index (χ0n) is 13.2. The molecule has 1 saturated heterocycles. The summed E-state index contributed by atoms with van der Waals surface area (Å²) in [5.41, 5.74) is 2.55. The minimum atomic E-state index is -3.49. The summed E-state index contributed by atoms with van der Waals surface area (Å²) in [5, 5.41) is 12.4. The lowest BCUT2D eigenvalue weighted by Gasteiger charge is -2.25. The Hall–Kier alpha value is -2.44. The fourth-order valence-electron chi connectivity index (χ4n) is 2.29. The Labute approximate surface area is 140 Å². The first-order valence-corrected chi connectivity index (χ1v) is 8.85. The molecule has 1 fully saturated rings. The molecule has 0 radical (unpaired) electrons. The molecule has 1 aliphatic rings. The van der Waals surface area contributed by atoms with Gasteiger partial charge in [-0.1, -0.05) is 6.42 Å². The van der Waals surface area contributed by atoms with Crippen molar-refractivity contribution in [3.05, 3.63) is 24.3 Å². The molecule has 24 heavy (non-hydrogen) atoms. The van der Waals surface area contributed by atoms with Gasteiger partial charge in [0.25, 0.3) is 0 Å². The van der Waals surface area contributed by atoms with Crippen LogP contribution in [-0.2, 0) is 19.6 Å². The third-order valence-electron chi connectivity index (χ3n) is 3.59. The van der Waals surface area contributed by atoms with Gasteiger partial charge >= 0.3 is 5.97 Å². The molecule has 0 unspecified atom stereocenters. The number of hydrogen-bond acceptors (Lipinski definition) is 7. The van der Waals surface area contributed by atoms with Crippen LogP contribution in [0.1, 0.15) is 19.3 Å². The summed E-state index contributed by atoms with van der Waals surface area (Å²) >= 11 is 0. The molecule has 1 N–H and O–H groups in total. The first-order chi connectivity index (χ1) is 11.5. The summed E-state index contributed by atoms with van der Waals surface area (Å²) in [6.07, 6.45) is 2.80. The highest BCUT2D eigenvalue weighted by atomic mass is 32.2. The van der Waals surface area contributed by atoms with Crippen LogP contribution in [0.2, 0.25) is 0 Å². The molecule has 1 aromatic carbocycles. The van der Waals surface area contributed by atoms with Crippen molar-refractivity contribution in [3.63, 3.8) is 0 Å². The normalized spacial score (nSPS) is 16.2. The van der Waals surface area contributed by atoms with E-state index in [0.29, 0.717) is 18.8 Å². The number of nitrogens with one attached hydrogen (secondary N) is 1. The third-order valence-corrected chi connectivity index (χ3v) is 5.50. The zero-order chi connectivity index (χ0) is 17.6. The number of ether oxygens (including phenoxy) is 1. The van der Waals surface area contributed by atoms with Crippen LogP contribution < -0.4 is 5.43 Å². The Morgan fingerprint density at radius 3 is 2.42 bits per heavy atom. The summed E-state index contributed by atoms with van der Waals surface area (Å²) in [5.74, 6) is -0.853. The quantitative estimate of drug-likeness (QED) is 0.487. The van der Waals surface area contributed by atoms with Crippen molar-refractivity contribution in [2.45, 2.75) is 24.2 Å². The van der Waals surface area contributed by atoms with Crippen LogP contribution >= 0.6 is 0 Å². The maximum Gasteiger partial charge on any atom is 0.369 e. The summed E-state index contributed by atoms with van der Waals surface area (Å²) < 4.78 is 30.9. The number of carbonyl (C=O) groups is 1. The highest BCUT2D eigenvalue weighted by Crippen LogP contribution is 2.21. The Balaban J connectivity index is 2.12. The monoisotopic (exact) mass is 350 g/mol. The Kier molecular flexibility index (Phi) is 5.89. The van der Waals surface area contributed by atoms with Gasteiger partial charge < -0.3 is 4.74 Å². The topological polar surface area (TPSA) is 112 Å². The fraction of sp³-hybridized carbons (Fsp3) is 0.400. The van der Waals surface area contributed by atoms with Crippen molar-refractivity contribution in [1.82, 2.24) is 4.31 Å². The summed E-state index contributed by atoms with van der Waals surface area (Å²) in [4.78, 5) is 11.4. The number of piperidine rings is 1. The standard InChI is InChI=1S/C15H18N4O4S/c1-23-15(20)14(11-16)18-17-12-5-7-13(8-6-12)24(21,22)19-9-3-2-4-10-19/h5-8,17H,2-4,9-10H2,1H3/b18-14+. The molecule has 0 spiro atoms. The van der Waals surface area contributed by atoms with Crippen LogP contribution in [0.5, 0.6) is 0 Å². The van der Waals surface area contributed by atoms with E-state index in [4.69, 9.17) is 5.26 Å². The van der Waals surface area contributed by atoms with Gasteiger partial charge in [0.15, 0.2) is 0 Å². The number of nitrogens with zero attached hydrogens (tertiary/aromatic N) is 3. The molecule has 8 nitrogen and oxygen atoms in total. The minimum Gasteiger partial charge on any atom is -0.464 e. The van der Waals surface area contributed by atoms with Gasteiger partial charge in [-0.3, -0.25) is 5.43 Å². The average molecular weight is 350 g/mol. The van der Waals surface area contributed by atoms with Crippen molar-refractivity contribution in [2.24, 2.45) is 5.10 Å². The number of sulfonamides is 1. The molecule has 0 atom stereocenters. The third kappa shape index (κ3) is 4.10. The van der Waals surface area contributed by atoms with Gasteiger partial charge in [-0.2, -0.15) is 14.7 Å². The number of hydrazone groups is 1. The number of rotatable bonds is 5. The maximum atomic E-state index is 12.5. The van der Waals surface area contributed by atoms with E-state index >= 15 is 0 Å². The molecular formula is C15H18N4O4S. The summed E-state index contributed by atoms with van der Waals surface area (Å²) in [7, 11) is -2.34. The van der Waals surface area contributed by atoms with E-state index in [2.05, 4.69) is 15.3 Å². The van der Waals surface area contributed by atoms with E-state index in [1.165, 1.54) is 28.6 Å². The maximum absolute atomic E-state index is 12.5. The summed E-state index contributed by atoms with van der Waals surface area (Å²) in [6, 6.07) is 7.58. The van der Waals surface area contributed by atoms with Crippen LogP contribution in [0.15, 0.2) is 34.3 Å². The number of esters is 1. The van der Waals surface area contributed by atoms with E-state index in [1.807, 2.05) is 0 Å². The lowest BCUT2D eigenvalue weighted by atomic mass is 10.2. The highest BCUT2D eigenvalue weighted by Gasteiger charge is 2.25.